The highest BCUT2D eigenvalue weighted by atomic mass is 19.1. The molecule has 0 aromatic heterocycles. The van der Waals surface area contributed by atoms with Crippen molar-refractivity contribution in [3.05, 3.63) is 35.6 Å². The number of nitrogens with zero attached hydrogens (tertiary/aromatic N) is 1. The van der Waals surface area contributed by atoms with Crippen molar-refractivity contribution in [1.29, 1.82) is 0 Å². The summed E-state index contributed by atoms with van der Waals surface area (Å²) in [6.07, 6.45) is 2.73. The SMILES string of the molecule is O=C(NCCCOC[C@H]1CCCO1)N1CCO[C@H](c2ccccc2F)C1. The van der Waals surface area contributed by atoms with Crippen molar-refractivity contribution in [3.8, 4) is 0 Å². The summed E-state index contributed by atoms with van der Waals surface area (Å²) in [7, 11) is 0. The number of urea groups is 1. The fourth-order valence-corrected chi connectivity index (χ4v) is 3.23. The first-order valence-electron chi connectivity index (χ1n) is 9.32. The molecule has 1 aromatic carbocycles. The van der Waals surface area contributed by atoms with Gasteiger partial charge < -0.3 is 24.4 Å². The Morgan fingerprint density at radius 1 is 1.31 bits per heavy atom. The third-order valence-electron chi connectivity index (χ3n) is 4.68. The zero-order chi connectivity index (χ0) is 18.2. The first kappa shape index (κ1) is 19.1. The number of carbonyl (C=O) groups is 1. The van der Waals surface area contributed by atoms with Gasteiger partial charge in [-0.15, -0.1) is 0 Å². The van der Waals surface area contributed by atoms with E-state index in [1.807, 2.05) is 0 Å². The zero-order valence-corrected chi connectivity index (χ0v) is 15.0. The minimum absolute atomic E-state index is 0.145. The number of ether oxygens (including phenoxy) is 3. The Labute approximate surface area is 153 Å². The van der Waals surface area contributed by atoms with E-state index in [1.54, 1.807) is 23.1 Å². The average molecular weight is 366 g/mol. The van der Waals surface area contributed by atoms with Gasteiger partial charge >= 0.3 is 6.03 Å². The van der Waals surface area contributed by atoms with Crippen LogP contribution in [0.3, 0.4) is 0 Å². The van der Waals surface area contributed by atoms with Crippen LogP contribution in [-0.2, 0) is 14.2 Å². The minimum Gasteiger partial charge on any atom is -0.379 e. The monoisotopic (exact) mass is 366 g/mol. The van der Waals surface area contributed by atoms with Crippen LogP contribution in [0.25, 0.3) is 0 Å². The largest absolute Gasteiger partial charge is 0.379 e. The minimum atomic E-state index is -0.426. The number of halogens is 1. The molecule has 2 amide bonds. The predicted octanol–water partition coefficient (Wildman–Crippen LogP) is 2.49. The number of benzene rings is 1. The lowest BCUT2D eigenvalue weighted by atomic mass is 10.1. The molecule has 2 aliphatic rings. The molecule has 7 heteroatoms. The van der Waals surface area contributed by atoms with E-state index in [0.29, 0.717) is 45.0 Å². The second-order valence-electron chi connectivity index (χ2n) is 6.62. The van der Waals surface area contributed by atoms with Crippen LogP contribution < -0.4 is 5.32 Å². The van der Waals surface area contributed by atoms with Crippen LogP contribution in [-0.4, -0.2) is 63.1 Å². The fourth-order valence-electron chi connectivity index (χ4n) is 3.23. The van der Waals surface area contributed by atoms with Gasteiger partial charge in [-0.2, -0.15) is 0 Å². The number of morpholine rings is 1. The van der Waals surface area contributed by atoms with Gasteiger partial charge in [0.15, 0.2) is 0 Å². The van der Waals surface area contributed by atoms with Gasteiger partial charge in [-0.3, -0.25) is 0 Å². The maximum atomic E-state index is 13.9. The zero-order valence-electron chi connectivity index (χ0n) is 15.0. The highest BCUT2D eigenvalue weighted by Gasteiger charge is 2.26. The molecule has 0 radical (unpaired) electrons. The molecule has 2 fully saturated rings. The molecule has 3 rings (SSSR count). The van der Waals surface area contributed by atoms with Crippen LogP contribution in [0.15, 0.2) is 24.3 Å². The molecule has 144 valence electrons. The molecule has 1 aromatic rings. The van der Waals surface area contributed by atoms with Gasteiger partial charge in [-0.1, -0.05) is 18.2 Å². The van der Waals surface area contributed by atoms with Crippen molar-refractivity contribution in [2.75, 3.05) is 46.1 Å². The number of amides is 2. The van der Waals surface area contributed by atoms with E-state index >= 15 is 0 Å². The maximum absolute atomic E-state index is 13.9. The van der Waals surface area contributed by atoms with Crippen LogP contribution in [0, 0.1) is 5.82 Å². The third-order valence-corrected chi connectivity index (χ3v) is 4.68. The maximum Gasteiger partial charge on any atom is 0.317 e. The second kappa shape index (κ2) is 9.85. The molecule has 0 unspecified atom stereocenters. The van der Waals surface area contributed by atoms with Crippen molar-refractivity contribution in [2.24, 2.45) is 0 Å². The lowest BCUT2D eigenvalue weighted by Gasteiger charge is -2.33. The van der Waals surface area contributed by atoms with Gasteiger partial charge in [0.1, 0.15) is 11.9 Å². The summed E-state index contributed by atoms with van der Waals surface area (Å²) in [6, 6.07) is 6.39. The van der Waals surface area contributed by atoms with Crippen molar-refractivity contribution in [1.82, 2.24) is 10.2 Å². The first-order valence-corrected chi connectivity index (χ1v) is 9.32. The van der Waals surface area contributed by atoms with E-state index in [4.69, 9.17) is 14.2 Å². The topological polar surface area (TPSA) is 60.0 Å². The third kappa shape index (κ3) is 5.40. The highest BCUT2D eigenvalue weighted by molar-refractivity contribution is 5.74. The Morgan fingerprint density at radius 3 is 3.00 bits per heavy atom. The van der Waals surface area contributed by atoms with Gasteiger partial charge in [0.05, 0.1) is 25.9 Å². The Morgan fingerprint density at radius 2 is 2.19 bits per heavy atom. The van der Waals surface area contributed by atoms with Gasteiger partial charge in [-0.25, -0.2) is 9.18 Å². The summed E-state index contributed by atoms with van der Waals surface area (Å²) < 4.78 is 30.6. The smallest absolute Gasteiger partial charge is 0.317 e. The fraction of sp³-hybridized carbons (Fsp3) is 0.632. The van der Waals surface area contributed by atoms with E-state index in [9.17, 15) is 9.18 Å². The molecule has 2 heterocycles. The summed E-state index contributed by atoms with van der Waals surface area (Å²) in [4.78, 5) is 14.0. The van der Waals surface area contributed by atoms with Crippen LogP contribution in [0.5, 0.6) is 0 Å². The van der Waals surface area contributed by atoms with E-state index in [-0.39, 0.29) is 18.0 Å². The van der Waals surface area contributed by atoms with Gasteiger partial charge in [0.25, 0.3) is 0 Å². The van der Waals surface area contributed by atoms with Crippen molar-refractivity contribution in [3.63, 3.8) is 0 Å². The summed E-state index contributed by atoms with van der Waals surface area (Å²) in [6.45, 7) is 3.86. The van der Waals surface area contributed by atoms with Gasteiger partial charge in [-0.05, 0) is 25.3 Å². The number of carbonyl (C=O) groups excluding carboxylic acids is 1. The number of rotatable bonds is 7. The summed E-state index contributed by atoms with van der Waals surface area (Å²) in [5.41, 5.74) is 0.493. The van der Waals surface area contributed by atoms with E-state index in [0.717, 1.165) is 25.9 Å². The summed E-state index contributed by atoms with van der Waals surface area (Å²) in [5.74, 6) is -0.303. The standard InChI is InChI=1S/C19H27FN2O4/c20-17-7-2-1-6-16(17)18-13-22(9-12-26-18)19(23)21-8-4-10-24-14-15-5-3-11-25-15/h1-2,6-7,15,18H,3-5,8-14H2,(H,21,23)/t15-,18+/m1/s1. The molecule has 2 aliphatic heterocycles. The van der Waals surface area contributed by atoms with Crippen LogP contribution >= 0.6 is 0 Å². The molecular weight excluding hydrogens is 339 g/mol. The molecule has 0 saturated carbocycles. The first-order chi connectivity index (χ1) is 12.7. The van der Waals surface area contributed by atoms with E-state index < -0.39 is 6.10 Å². The molecule has 6 nitrogen and oxygen atoms in total. The van der Waals surface area contributed by atoms with Crippen LogP contribution in [0.2, 0.25) is 0 Å². The van der Waals surface area contributed by atoms with Crippen molar-refractivity contribution in [2.45, 2.75) is 31.5 Å². The molecule has 26 heavy (non-hydrogen) atoms. The molecular formula is C19H27FN2O4. The molecule has 1 N–H and O–H groups in total. The molecule has 2 saturated heterocycles. The highest BCUT2D eigenvalue weighted by Crippen LogP contribution is 2.24. The summed E-state index contributed by atoms with van der Waals surface area (Å²) >= 11 is 0. The summed E-state index contributed by atoms with van der Waals surface area (Å²) in [5, 5.41) is 2.89. The number of nitrogens with one attached hydrogen (secondary N) is 1. The number of hydrogen-bond donors (Lipinski definition) is 1. The molecule has 0 spiro atoms. The average Bonchev–Trinajstić information content (AvgIpc) is 3.18. The molecule has 0 aliphatic carbocycles. The molecule has 0 bridgehead atoms. The quantitative estimate of drug-likeness (QED) is 0.754. The van der Waals surface area contributed by atoms with Gasteiger partial charge in [0, 0.05) is 31.9 Å². The lowest BCUT2D eigenvalue weighted by molar-refractivity contribution is -0.0172. The van der Waals surface area contributed by atoms with E-state index in [1.165, 1.54) is 6.07 Å². The Balaban J connectivity index is 1.34. The van der Waals surface area contributed by atoms with Crippen molar-refractivity contribution < 1.29 is 23.4 Å². The molecule has 2 atom stereocenters. The van der Waals surface area contributed by atoms with Crippen LogP contribution in [0.4, 0.5) is 9.18 Å². The normalized spacial score (nSPS) is 23.2. The predicted molar refractivity (Wildman–Crippen MR) is 94.5 cm³/mol. The Kier molecular flexibility index (Phi) is 7.22. The van der Waals surface area contributed by atoms with Crippen LogP contribution in [0.1, 0.15) is 30.9 Å². The Bertz CT molecular complexity index is 580. The van der Waals surface area contributed by atoms with Crippen molar-refractivity contribution >= 4 is 6.03 Å². The Hall–Kier alpha value is -1.70. The lowest BCUT2D eigenvalue weighted by Crippen LogP contribution is -2.47. The number of hydrogen-bond acceptors (Lipinski definition) is 4. The van der Waals surface area contributed by atoms with Gasteiger partial charge in [0.2, 0.25) is 0 Å². The second-order valence-corrected chi connectivity index (χ2v) is 6.62. The van der Waals surface area contributed by atoms with E-state index in [2.05, 4.69) is 5.32 Å².